The molecule has 0 amide bonds. The molecule has 9 heteroatoms. The summed E-state index contributed by atoms with van der Waals surface area (Å²) in [5.41, 5.74) is 0. The zero-order chi connectivity index (χ0) is 37.7. The fourth-order valence-corrected chi connectivity index (χ4v) is 5.47. The van der Waals surface area contributed by atoms with Gasteiger partial charge in [0, 0.05) is 13.0 Å². The van der Waals surface area contributed by atoms with E-state index in [9.17, 15) is 14.3 Å². The van der Waals surface area contributed by atoms with Gasteiger partial charge in [-0.05, 0) is 51.4 Å². The van der Waals surface area contributed by atoms with Crippen LogP contribution in [0.2, 0.25) is 0 Å². The van der Waals surface area contributed by atoms with Crippen LogP contribution in [0.1, 0.15) is 129 Å². The highest BCUT2D eigenvalue weighted by Crippen LogP contribution is 2.38. The van der Waals surface area contributed by atoms with Crippen molar-refractivity contribution in [2.24, 2.45) is 0 Å². The summed E-state index contributed by atoms with van der Waals surface area (Å²) in [6.45, 7) is 5.16. The normalized spacial score (nSPS) is 14.7. The molecule has 0 saturated heterocycles. The minimum absolute atomic E-state index is 0.00985. The number of phosphoric acid groups is 1. The molecule has 0 fully saturated rings. The minimum atomic E-state index is -4.54. The lowest BCUT2D eigenvalue weighted by molar-refractivity contribution is -0.870. The Morgan fingerprint density at radius 3 is 1.59 bits per heavy atom. The predicted octanol–water partition coefficient (Wildman–Crippen LogP) is 10.5. The zero-order valence-corrected chi connectivity index (χ0v) is 33.9. The van der Waals surface area contributed by atoms with Gasteiger partial charge in [-0.25, -0.2) is 0 Å². The van der Waals surface area contributed by atoms with Gasteiger partial charge in [-0.3, -0.25) is 9.36 Å². The highest BCUT2D eigenvalue weighted by atomic mass is 31.2. The van der Waals surface area contributed by atoms with Gasteiger partial charge in [0.25, 0.3) is 7.82 Å². The lowest BCUT2D eigenvalue weighted by Gasteiger charge is -2.28. The number of unbranched alkanes of at least 4 members (excludes halogenated alkanes) is 9. The highest BCUT2D eigenvalue weighted by Gasteiger charge is 2.20. The molecule has 0 aliphatic heterocycles. The lowest BCUT2D eigenvalue weighted by atomic mass is 10.1. The molecule has 0 aliphatic carbocycles. The second-order valence-electron chi connectivity index (χ2n) is 13.9. The van der Waals surface area contributed by atoms with E-state index in [1.165, 1.54) is 51.4 Å². The van der Waals surface area contributed by atoms with Gasteiger partial charge >= 0.3 is 5.97 Å². The zero-order valence-electron chi connectivity index (χ0n) is 33.0. The molecule has 0 N–H and O–H groups in total. The SMILES string of the molecule is CC/C=C\C/C=C\C/C=C\C/C=C\C/C=C\C/C=C\CCC(=O)OC(COCCCCCCCCCCCC)COP(=O)([O-])OCC[N+](C)(C)C. The summed E-state index contributed by atoms with van der Waals surface area (Å²) in [5.74, 6) is -0.419. The van der Waals surface area contributed by atoms with Gasteiger partial charge in [0.15, 0.2) is 0 Å². The van der Waals surface area contributed by atoms with Crippen LogP contribution in [0, 0.1) is 0 Å². The number of carbonyl (C=O) groups excluding carboxylic acids is 1. The van der Waals surface area contributed by atoms with Gasteiger partial charge in [-0.15, -0.1) is 0 Å². The van der Waals surface area contributed by atoms with Crippen molar-refractivity contribution in [2.45, 2.75) is 136 Å². The summed E-state index contributed by atoms with van der Waals surface area (Å²) in [5, 5.41) is 0. The van der Waals surface area contributed by atoms with E-state index in [0.717, 1.165) is 51.4 Å². The van der Waals surface area contributed by atoms with Crippen molar-refractivity contribution >= 4 is 13.8 Å². The van der Waals surface area contributed by atoms with Crippen LogP contribution in [0.15, 0.2) is 72.9 Å². The molecule has 0 heterocycles. The van der Waals surface area contributed by atoms with Crippen LogP contribution in [-0.4, -0.2) is 70.7 Å². The maximum atomic E-state index is 12.6. The molecule has 0 aromatic carbocycles. The third kappa shape index (κ3) is 39.0. The predicted molar refractivity (Wildman–Crippen MR) is 212 cm³/mol. The first-order chi connectivity index (χ1) is 24.6. The first kappa shape index (κ1) is 48.9. The number of phosphoric ester groups is 1. The molecule has 0 aliphatic rings. The van der Waals surface area contributed by atoms with Gasteiger partial charge in [-0.1, -0.05) is 145 Å². The number of likely N-dealkylation sites (N-methyl/N-ethyl adjacent to an activating group) is 1. The summed E-state index contributed by atoms with van der Waals surface area (Å²) in [6, 6.07) is 0. The van der Waals surface area contributed by atoms with Crippen LogP contribution in [0.3, 0.4) is 0 Å². The maximum Gasteiger partial charge on any atom is 0.306 e. The Hall–Kier alpha value is -2.06. The van der Waals surface area contributed by atoms with Crippen molar-refractivity contribution in [3.63, 3.8) is 0 Å². The van der Waals surface area contributed by atoms with E-state index in [0.29, 0.717) is 24.1 Å². The Morgan fingerprint density at radius 1 is 0.627 bits per heavy atom. The number of hydrogen-bond donors (Lipinski definition) is 0. The maximum absolute atomic E-state index is 12.6. The first-order valence-corrected chi connectivity index (χ1v) is 21.1. The number of hydrogen-bond acceptors (Lipinski definition) is 7. The monoisotopic (exact) mass is 736 g/mol. The lowest BCUT2D eigenvalue weighted by Crippen LogP contribution is -2.37. The minimum Gasteiger partial charge on any atom is -0.756 e. The molecule has 8 nitrogen and oxygen atoms in total. The van der Waals surface area contributed by atoms with Crippen LogP contribution in [0.25, 0.3) is 0 Å². The average Bonchev–Trinajstić information content (AvgIpc) is 3.08. The van der Waals surface area contributed by atoms with Crippen LogP contribution in [0.4, 0.5) is 0 Å². The smallest absolute Gasteiger partial charge is 0.306 e. The summed E-state index contributed by atoms with van der Waals surface area (Å²) < 4.78 is 34.3. The van der Waals surface area contributed by atoms with Gasteiger partial charge in [-0.2, -0.15) is 0 Å². The standard InChI is InChI=1S/C42H74NO7P/c1-6-8-10-12-14-16-18-19-20-21-22-23-24-25-26-27-29-31-33-35-42(44)50-41(40-49-51(45,46)48-38-36-43(3,4)5)39-47-37-34-32-30-28-17-15-13-11-9-7-2/h8,10,14,16,19-20,22-23,25-26,29,31,41H,6-7,9,11-13,15,17-18,21,24,27-28,30,32-40H2,1-5H3/b10-8-,16-14-,20-19-,23-22-,26-25-,31-29-. The third-order valence-corrected chi connectivity index (χ3v) is 8.75. The highest BCUT2D eigenvalue weighted by molar-refractivity contribution is 7.45. The number of ether oxygens (including phenoxy) is 2. The van der Waals surface area contributed by atoms with Crippen LogP contribution >= 0.6 is 7.82 Å². The first-order valence-electron chi connectivity index (χ1n) is 19.7. The number of carbonyl (C=O) groups is 1. The second-order valence-corrected chi connectivity index (χ2v) is 15.3. The summed E-state index contributed by atoms with van der Waals surface area (Å²) in [4.78, 5) is 24.9. The number of nitrogens with zero attached hydrogens (tertiary/aromatic N) is 1. The van der Waals surface area contributed by atoms with Crippen molar-refractivity contribution in [3.8, 4) is 0 Å². The molecule has 2 unspecified atom stereocenters. The molecule has 2 atom stereocenters. The van der Waals surface area contributed by atoms with E-state index in [1.54, 1.807) is 0 Å². The van der Waals surface area contributed by atoms with E-state index >= 15 is 0 Å². The summed E-state index contributed by atoms with van der Waals surface area (Å²) in [6.07, 6.45) is 43.6. The number of allylic oxidation sites excluding steroid dienone is 12. The van der Waals surface area contributed by atoms with E-state index in [-0.39, 0.29) is 26.2 Å². The molecule has 294 valence electrons. The van der Waals surface area contributed by atoms with Crippen LogP contribution < -0.4 is 4.89 Å². The quantitative estimate of drug-likeness (QED) is 0.0210. The van der Waals surface area contributed by atoms with E-state index in [1.807, 2.05) is 33.3 Å². The van der Waals surface area contributed by atoms with Crippen molar-refractivity contribution in [1.29, 1.82) is 0 Å². The molecule has 0 aromatic rings. The Bertz CT molecular complexity index is 1040. The molecule has 0 rings (SSSR count). The molecule has 0 spiro atoms. The topological polar surface area (TPSA) is 94.1 Å². The van der Waals surface area contributed by atoms with Gasteiger partial charge < -0.3 is 27.9 Å². The largest absolute Gasteiger partial charge is 0.756 e. The van der Waals surface area contributed by atoms with E-state index in [4.69, 9.17) is 18.5 Å². The van der Waals surface area contributed by atoms with E-state index < -0.39 is 19.9 Å². The molecule has 51 heavy (non-hydrogen) atoms. The van der Waals surface area contributed by atoms with Crippen LogP contribution in [-0.2, 0) is 27.9 Å². The third-order valence-electron chi connectivity index (χ3n) is 7.79. The number of esters is 1. The molecule has 0 radical (unpaired) electrons. The van der Waals surface area contributed by atoms with Crippen molar-refractivity contribution < 1.29 is 37.3 Å². The van der Waals surface area contributed by atoms with Gasteiger partial charge in [0.05, 0.1) is 34.4 Å². The van der Waals surface area contributed by atoms with Crippen molar-refractivity contribution in [3.05, 3.63) is 72.9 Å². The summed E-state index contributed by atoms with van der Waals surface area (Å²) >= 11 is 0. The Balaban J connectivity index is 4.43. The van der Waals surface area contributed by atoms with Gasteiger partial charge in [0.1, 0.15) is 19.3 Å². The second kappa shape index (κ2) is 35.0. The van der Waals surface area contributed by atoms with E-state index in [2.05, 4.69) is 74.6 Å². The average molecular weight is 736 g/mol. The number of quaternary nitrogens is 1. The summed E-state index contributed by atoms with van der Waals surface area (Å²) in [7, 11) is 1.30. The van der Waals surface area contributed by atoms with Gasteiger partial charge in [0.2, 0.25) is 0 Å². The fraction of sp³-hybridized carbons (Fsp3) is 0.690. The molecular weight excluding hydrogens is 661 g/mol. The molecule has 0 saturated carbocycles. The van der Waals surface area contributed by atoms with Crippen molar-refractivity contribution in [1.82, 2.24) is 0 Å². The molecule has 0 bridgehead atoms. The molecule has 0 aromatic heterocycles. The van der Waals surface area contributed by atoms with Crippen LogP contribution in [0.5, 0.6) is 0 Å². The fourth-order valence-electron chi connectivity index (χ4n) is 4.75. The Kier molecular flexibility index (Phi) is 33.6. The molecular formula is C42H74NO7P. The number of rotatable bonds is 35. The Morgan fingerprint density at radius 2 is 1.10 bits per heavy atom. The van der Waals surface area contributed by atoms with Crippen molar-refractivity contribution in [2.75, 3.05) is 54.1 Å². The Labute approximate surface area is 312 Å².